The number of nitrogens with one attached hydrogen (secondary N) is 1. The molecule has 4 nitrogen and oxygen atoms in total. The summed E-state index contributed by atoms with van der Waals surface area (Å²) in [5.41, 5.74) is 6.03. The molecule has 84 valence electrons. The highest BCUT2D eigenvalue weighted by Gasteiger charge is 2.07. The van der Waals surface area contributed by atoms with Gasteiger partial charge >= 0.3 is 0 Å². The van der Waals surface area contributed by atoms with Crippen LogP contribution < -0.4 is 5.73 Å². The summed E-state index contributed by atoms with van der Waals surface area (Å²) in [6.45, 7) is 0.501. The van der Waals surface area contributed by atoms with Gasteiger partial charge in [-0.05, 0) is 24.7 Å². The molecule has 0 aliphatic carbocycles. The SMILES string of the molecule is NCCc1nc(-c2cc(F)cc(Br)c2)n[nH]1. The quantitative estimate of drug-likeness (QED) is 0.904. The largest absolute Gasteiger partial charge is 0.330 e. The van der Waals surface area contributed by atoms with Gasteiger partial charge < -0.3 is 5.73 Å². The lowest BCUT2D eigenvalue weighted by Gasteiger charge is -1.97. The highest BCUT2D eigenvalue weighted by molar-refractivity contribution is 9.10. The molecule has 3 N–H and O–H groups in total. The summed E-state index contributed by atoms with van der Waals surface area (Å²) in [4.78, 5) is 4.22. The molecular weight excluding hydrogens is 275 g/mol. The van der Waals surface area contributed by atoms with Crippen molar-refractivity contribution in [1.82, 2.24) is 15.2 Å². The highest BCUT2D eigenvalue weighted by atomic mass is 79.9. The normalized spacial score (nSPS) is 10.7. The number of halogens is 2. The number of nitrogens with two attached hydrogens (primary N) is 1. The first kappa shape index (κ1) is 11.2. The topological polar surface area (TPSA) is 67.6 Å². The first-order valence-corrected chi connectivity index (χ1v) is 5.56. The number of aromatic nitrogens is 3. The molecule has 0 aliphatic heterocycles. The number of rotatable bonds is 3. The summed E-state index contributed by atoms with van der Waals surface area (Å²) in [5.74, 6) is 0.857. The molecule has 2 aromatic rings. The highest BCUT2D eigenvalue weighted by Crippen LogP contribution is 2.21. The zero-order chi connectivity index (χ0) is 11.5. The van der Waals surface area contributed by atoms with Crippen LogP contribution in [-0.2, 0) is 6.42 Å². The fourth-order valence-electron chi connectivity index (χ4n) is 1.36. The summed E-state index contributed by atoms with van der Waals surface area (Å²) < 4.78 is 13.8. The third-order valence-corrected chi connectivity index (χ3v) is 2.49. The van der Waals surface area contributed by atoms with Crippen LogP contribution in [0.4, 0.5) is 4.39 Å². The molecule has 16 heavy (non-hydrogen) atoms. The third kappa shape index (κ3) is 2.45. The molecule has 0 unspecified atom stereocenters. The van der Waals surface area contributed by atoms with Crippen LogP contribution in [0.2, 0.25) is 0 Å². The zero-order valence-corrected chi connectivity index (χ0v) is 9.96. The molecule has 6 heteroatoms. The number of hydrogen-bond acceptors (Lipinski definition) is 3. The molecule has 0 saturated heterocycles. The number of H-pyrrole nitrogens is 1. The van der Waals surface area contributed by atoms with Gasteiger partial charge in [-0.25, -0.2) is 9.37 Å². The van der Waals surface area contributed by atoms with E-state index in [9.17, 15) is 4.39 Å². The summed E-state index contributed by atoms with van der Waals surface area (Å²) in [6, 6.07) is 4.54. The maximum absolute atomic E-state index is 13.2. The van der Waals surface area contributed by atoms with Gasteiger partial charge in [-0.2, -0.15) is 5.10 Å². The molecule has 0 radical (unpaired) electrons. The minimum atomic E-state index is -0.324. The van der Waals surface area contributed by atoms with Crippen LogP contribution >= 0.6 is 15.9 Å². The molecule has 0 spiro atoms. The Morgan fingerprint density at radius 2 is 2.19 bits per heavy atom. The van der Waals surface area contributed by atoms with E-state index in [1.807, 2.05) is 0 Å². The molecule has 0 aliphatic rings. The lowest BCUT2D eigenvalue weighted by Crippen LogP contribution is -2.03. The van der Waals surface area contributed by atoms with Crippen LogP contribution in [0.3, 0.4) is 0 Å². The Hall–Kier alpha value is -1.27. The minimum absolute atomic E-state index is 0.324. The van der Waals surface area contributed by atoms with Gasteiger partial charge in [0.2, 0.25) is 0 Å². The van der Waals surface area contributed by atoms with Crippen molar-refractivity contribution in [2.75, 3.05) is 6.54 Å². The van der Waals surface area contributed by atoms with Crippen molar-refractivity contribution in [1.29, 1.82) is 0 Å². The Balaban J connectivity index is 2.34. The fourth-order valence-corrected chi connectivity index (χ4v) is 1.82. The van der Waals surface area contributed by atoms with Crippen LogP contribution in [0.1, 0.15) is 5.82 Å². The summed E-state index contributed by atoms with van der Waals surface area (Å²) in [5, 5.41) is 6.77. The maximum atomic E-state index is 13.2. The Bertz CT molecular complexity index is 477. The number of hydrogen-bond donors (Lipinski definition) is 2. The fraction of sp³-hybridized carbons (Fsp3) is 0.200. The molecule has 1 heterocycles. The van der Waals surface area contributed by atoms with E-state index in [1.165, 1.54) is 12.1 Å². The molecule has 2 rings (SSSR count). The Morgan fingerprint density at radius 3 is 2.88 bits per heavy atom. The van der Waals surface area contributed by atoms with Crippen LogP contribution in [0, 0.1) is 5.82 Å². The van der Waals surface area contributed by atoms with Gasteiger partial charge in [0.15, 0.2) is 5.82 Å². The van der Waals surface area contributed by atoms with E-state index in [0.717, 1.165) is 0 Å². The first-order chi connectivity index (χ1) is 7.69. The van der Waals surface area contributed by atoms with Crippen LogP contribution in [0.15, 0.2) is 22.7 Å². The van der Waals surface area contributed by atoms with E-state index < -0.39 is 0 Å². The Morgan fingerprint density at radius 1 is 1.38 bits per heavy atom. The number of nitrogens with zero attached hydrogens (tertiary/aromatic N) is 2. The second kappa shape index (κ2) is 4.71. The predicted molar refractivity (Wildman–Crippen MR) is 62.2 cm³/mol. The molecule has 1 aromatic carbocycles. The standard InChI is InChI=1S/C10H10BrFN4/c11-7-3-6(4-8(12)5-7)10-14-9(1-2-13)15-16-10/h3-5H,1-2,13H2,(H,14,15,16). The van der Waals surface area contributed by atoms with E-state index in [4.69, 9.17) is 5.73 Å². The Labute approximate surface area is 100 Å². The van der Waals surface area contributed by atoms with E-state index in [1.54, 1.807) is 6.07 Å². The van der Waals surface area contributed by atoms with Gasteiger partial charge in [0.05, 0.1) is 0 Å². The summed E-state index contributed by atoms with van der Waals surface area (Å²) in [7, 11) is 0. The average Bonchev–Trinajstić information content (AvgIpc) is 2.65. The van der Waals surface area contributed by atoms with Crippen molar-refractivity contribution in [3.8, 4) is 11.4 Å². The second-order valence-electron chi connectivity index (χ2n) is 3.30. The summed E-state index contributed by atoms with van der Waals surface area (Å²) >= 11 is 3.22. The maximum Gasteiger partial charge on any atom is 0.181 e. The first-order valence-electron chi connectivity index (χ1n) is 4.77. The van der Waals surface area contributed by atoms with E-state index in [2.05, 4.69) is 31.1 Å². The van der Waals surface area contributed by atoms with E-state index in [0.29, 0.717) is 34.7 Å². The van der Waals surface area contributed by atoms with Crippen molar-refractivity contribution in [3.63, 3.8) is 0 Å². The Kier molecular flexibility index (Phi) is 3.31. The lowest BCUT2D eigenvalue weighted by atomic mass is 10.2. The molecule has 0 bridgehead atoms. The van der Waals surface area contributed by atoms with Gasteiger partial charge in [0, 0.05) is 16.5 Å². The van der Waals surface area contributed by atoms with Crippen molar-refractivity contribution < 1.29 is 4.39 Å². The molecule has 0 amide bonds. The van der Waals surface area contributed by atoms with Gasteiger partial charge in [-0.1, -0.05) is 15.9 Å². The van der Waals surface area contributed by atoms with Crippen LogP contribution in [0.5, 0.6) is 0 Å². The smallest absolute Gasteiger partial charge is 0.181 e. The molecule has 1 aromatic heterocycles. The van der Waals surface area contributed by atoms with Gasteiger partial charge in [0.25, 0.3) is 0 Å². The zero-order valence-electron chi connectivity index (χ0n) is 8.37. The molecule has 0 fully saturated rings. The summed E-state index contributed by atoms with van der Waals surface area (Å²) in [6.07, 6.45) is 0.628. The van der Waals surface area contributed by atoms with E-state index in [-0.39, 0.29) is 5.82 Å². The van der Waals surface area contributed by atoms with E-state index >= 15 is 0 Å². The van der Waals surface area contributed by atoms with Crippen molar-refractivity contribution in [2.45, 2.75) is 6.42 Å². The van der Waals surface area contributed by atoms with Crippen molar-refractivity contribution in [3.05, 3.63) is 34.3 Å². The van der Waals surface area contributed by atoms with Crippen molar-refractivity contribution >= 4 is 15.9 Å². The second-order valence-corrected chi connectivity index (χ2v) is 4.22. The van der Waals surface area contributed by atoms with Gasteiger partial charge in [-0.15, -0.1) is 0 Å². The predicted octanol–water partition coefficient (Wildman–Crippen LogP) is 1.87. The molecule has 0 saturated carbocycles. The van der Waals surface area contributed by atoms with Gasteiger partial charge in [0.1, 0.15) is 11.6 Å². The number of benzene rings is 1. The third-order valence-electron chi connectivity index (χ3n) is 2.03. The monoisotopic (exact) mass is 284 g/mol. The average molecular weight is 285 g/mol. The van der Waals surface area contributed by atoms with Crippen LogP contribution in [0.25, 0.3) is 11.4 Å². The molecular formula is C10H10BrFN4. The minimum Gasteiger partial charge on any atom is -0.330 e. The lowest BCUT2D eigenvalue weighted by molar-refractivity contribution is 0.627. The van der Waals surface area contributed by atoms with Gasteiger partial charge in [-0.3, -0.25) is 5.10 Å². The van der Waals surface area contributed by atoms with Crippen molar-refractivity contribution in [2.24, 2.45) is 5.73 Å². The number of aromatic amines is 1. The van der Waals surface area contributed by atoms with Crippen LogP contribution in [-0.4, -0.2) is 21.7 Å². The molecule has 0 atom stereocenters.